The van der Waals surface area contributed by atoms with Gasteiger partial charge in [-0.2, -0.15) is 0 Å². The van der Waals surface area contributed by atoms with Gasteiger partial charge in [-0.15, -0.1) is 0 Å². The van der Waals surface area contributed by atoms with Gasteiger partial charge in [0.05, 0.1) is 29.1 Å². The predicted octanol–water partition coefficient (Wildman–Crippen LogP) is 10.6. The van der Waals surface area contributed by atoms with E-state index in [9.17, 15) is 5.11 Å². The van der Waals surface area contributed by atoms with Crippen LogP contribution in [-0.4, -0.2) is 80.7 Å². The van der Waals surface area contributed by atoms with Gasteiger partial charge in [-0.05, 0) is 179 Å². The molecule has 4 aliphatic rings. The van der Waals surface area contributed by atoms with Crippen LogP contribution in [-0.2, 0) is 22.5 Å². The Kier molecular flexibility index (Phi) is 12.6. The molecule has 51 heavy (non-hydrogen) atoms. The van der Waals surface area contributed by atoms with Gasteiger partial charge in [0.15, 0.2) is 33.3 Å². The molecule has 3 saturated carbocycles. The van der Waals surface area contributed by atoms with Gasteiger partial charge in [0.25, 0.3) is 0 Å². The summed E-state index contributed by atoms with van der Waals surface area (Å²) in [6.45, 7) is 39.3. The first-order valence-electron chi connectivity index (χ1n) is 20.2. The minimum absolute atomic E-state index is 0.0385. The second kappa shape index (κ2) is 14.8. The Labute approximate surface area is 317 Å². The van der Waals surface area contributed by atoms with Crippen molar-refractivity contribution in [1.29, 1.82) is 0 Å². The number of allylic oxidation sites excluding steroid dienone is 1. The largest absolute Gasteiger partial charge is 0.414 e. The van der Waals surface area contributed by atoms with E-state index in [1.165, 1.54) is 5.57 Å². The minimum Gasteiger partial charge on any atom is -0.414 e. The van der Waals surface area contributed by atoms with E-state index in [1.54, 1.807) is 7.11 Å². The first kappa shape index (κ1) is 43.6. The van der Waals surface area contributed by atoms with Gasteiger partial charge < -0.3 is 27.6 Å². The number of hydrogen-bond donors (Lipinski definition) is 1. The van der Waals surface area contributed by atoms with Crippen molar-refractivity contribution in [3.63, 3.8) is 0 Å². The molecule has 0 radical (unpaired) electrons. The van der Waals surface area contributed by atoms with Crippen LogP contribution in [0.1, 0.15) is 86.0 Å². The molecule has 0 amide bonds. The molecule has 4 rings (SSSR count). The Morgan fingerprint density at radius 2 is 1.43 bits per heavy atom. The normalized spacial score (nSPS) is 37.0. The standard InChI is InChI=1S/C40H79NO6Si4/c1-28(34(44-48(7,8)9)21-22-37(2,3)47-51(16,17)18)29-20-24-40(42)31-25-33(41-43-6)32-26-35(45-49(10,11)12)36(46-50(13,14)15)27-38(32,4)30(31)19-23-39(29,40)5/h25,28-30,32,34-36,42H,19-24,26-27H2,1-18H3. The molecule has 296 valence electrons. The summed E-state index contributed by atoms with van der Waals surface area (Å²) in [5, 5.41) is 18.0. The van der Waals surface area contributed by atoms with Crippen molar-refractivity contribution in [2.24, 2.45) is 39.7 Å². The van der Waals surface area contributed by atoms with E-state index in [0.717, 1.165) is 57.1 Å². The highest BCUT2D eigenvalue weighted by molar-refractivity contribution is 6.71. The molecule has 0 aliphatic heterocycles. The summed E-state index contributed by atoms with van der Waals surface area (Å²) in [5.74, 6) is 1.12. The predicted molar refractivity (Wildman–Crippen MR) is 223 cm³/mol. The Hall–Kier alpha value is -0.122. The highest BCUT2D eigenvalue weighted by Crippen LogP contribution is 2.68. The zero-order valence-corrected chi connectivity index (χ0v) is 40.2. The van der Waals surface area contributed by atoms with E-state index in [1.807, 2.05) is 0 Å². The van der Waals surface area contributed by atoms with Gasteiger partial charge in [-0.25, -0.2) is 0 Å². The number of hydrogen-bond acceptors (Lipinski definition) is 7. The smallest absolute Gasteiger partial charge is 0.184 e. The summed E-state index contributed by atoms with van der Waals surface area (Å²) in [7, 11) is -5.55. The number of oxime groups is 1. The highest BCUT2D eigenvalue weighted by Gasteiger charge is 2.67. The summed E-state index contributed by atoms with van der Waals surface area (Å²) >= 11 is 0. The molecule has 4 aliphatic carbocycles. The van der Waals surface area contributed by atoms with E-state index in [4.69, 9.17) is 27.7 Å². The van der Waals surface area contributed by atoms with Crippen LogP contribution in [0.4, 0.5) is 0 Å². The lowest BCUT2D eigenvalue weighted by Crippen LogP contribution is -2.62. The van der Waals surface area contributed by atoms with Crippen LogP contribution in [0.3, 0.4) is 0 Å². The second-order valence-electron chi connectivity index (χ2n) is 22.0. The molecule has 0 saturated heterocycles. The molecule has 0 aromatic heterocycles. The molecule has 3 fully saturated rings. The maximum absolute atomic E-state index is 13.3. The van der Waals surface area contributed by atoms with Gasteiger partial charge >= 0.3 is 0 Å². The SMILES string of the molecule is CON=C1C=C2C(CCC3(C)C(C(C)C(CCC(C)(C)O[Si](C)(C)C)O[Si](C)(C)C)CCC23O)C2(C)CC(O[Si](C)(C)C)C(O[Si](C)(C)C)CC12. The van der Waals surface area contributed by atoms with Crippen molar-refractivity contribution < 1.29 is 27.6 Å². The van der Waals surface area contributed by atoms with Crippen LogP contribution in [0.5, 0.6) is 0 Å². The lowest BCUT2D eigenvalue weighted by Gasteiger charge is -2.61. The van der Waals surface area contributed by atoms with E-state index >= 15 is 0 Å². The minimum atomic E-state index is -1.85. The van der Waals surface area contributed by atoms with Crippen LogP contribution in [0.15, 0.2) is 16.8 Å². The lowest BCUT2D eigenvalue weighted by molar-refractivity contribution is -0.122. The zero-order chi connectivity index (χ0) is 38.8. The quantitative estimate of drug-likeness (QED) is 0.140. The monoisotopic (exact) mass is 781 g/mol. The van der Waals surface area contributed by atoms with Gasteiger partial charge in [0.1, 0.15) is 7.11 Å². The summed E-state index contributed by atoms with van der Waals surface area (Å²) < 4.78 is 27.7. The molecule has 10 unspecified atom stereocenters. The van der Waals surface area contributed by atoms with Crippen molar-refractivity contribution in [3.05, 3.63) is 11.6 Å². The maximum Gasteiger partial charge on any atom is 0.184 e. The summed E-state index contributed by atoms with van der Waals surface area (Å²) in [4.78, 5) is 5.57. The average molecular weight is 782 g/mol. The Morgan fingerprint density at radius 3 is 1.96 bits per heavy atom. The number of fused-ring (bicyclic) bond motifs is 5. The third-order valence-corrected chi connectivity index (χ3v) is 16.9. The van der Waals surface area contributed by atoms with E-state index in [2.05, 4.69) is 119 Å². The second-order valence-corrected chi connectivity index (χ2v) is 39.8. The van der Waals surface area contributed by atoms with Crippen molar-refractivity contribution >= 4 is 39.0 Å². The van der Waals surface area contributed by atoms with E-state index in [0.29, 0.717) is 11.8 Å². The van der Waals surface area contributed by atoms with Crippen LogP contribution in [0, 0.1) is 34.5 Å². The third kappa shape index (κ3) is 9.82. The average Bonchev–Trinajstić information content (AvgIpc) is 3.19. The number of rotatable bonds is 14. The van der Waals surface area contributed by atoms with Gasteiger partial charge in [0.2, 0.25) is 0 Å². The maximum atomic E-state index is 13.3. The fourth-order valence-corrected chi connectivity index (χ4v) is 16.4. The van der Waals surface area contributed by atoms with Crippen molar-refractivity contribution in [2.45, 2.75) is 194 Å². The molecule has 0 spiro atoms. The first-order chi connectivity index (χ1) is 22.9. The molecule has 0 heterocycles. The molecule has 10 atom stereocenters. The fourth-order valence-electron chi connectivity index (χ4n) is 11.1. The summed E-state index contributed by atoms with van der Waals surface area (Å²) in [6.07, 6.45) is 10.1. The molecule has 7 nitrogen and oxygen atoms in total. The fraction of sp³-hybridized carbons (Fsp3) is 0.925. The van der Waals surface area contributed by atoms with E-state index in [-0.39, 0.29) is 46.6 Å². The molecule has 0 aromatic rings. The van der Waals surface area contributed by atoms with Gasteiger partial charge in [-0.1, -0.05) is 25.9 Å². The highest BCUT2D eigenvalue weighted by atomic mass is 28.4. The molecule has 0 aromatic carbocycles. The van der Waals surface area contributed by atoms with Gasteiger partial charge in [0, 0.05) is 17.4 Å². The van der Waals surface area contributed by atoms with Crippen LogP contribution < -0.4 is 0 Å². The van der Waals surface area contributed by atoms with Crippen LogP contribution in [0.25, 0.3) is 0 Å². The third-order valence-electron chi connectivity index (χ3n) is 12.7. The molecular weight excluding hydrogens is 703 g/mol. The molecular formula is C40H79NO6Si4. The zero-order valence-electron chi connectivity index (χ0n) is 36.2. The molecule has 0 bridgehead atoms. The first-order valence-corrected chi connectivity index (χ1v) is 33.9. The number of aliphatic hydroxyl groups is 1. The Bertz CT molecular complexity index is 1300. The molecule has 11 heteroatoms. The van der Waals surface area contributed by atoms with Crippen molar-refractivity contribution in [3.8, 4) is 0 Å². The summed E-state index contributed by atoms with van der Waals surface area (Å²) in [5.41, 5.74) is 0.716. The van der Waals surface area contributed by atoms with E-state index < -0.39 is 38.9 Å². The van der Waals surface area contributed by atoms with Crippen molar-refractivity contribution in [1.82, 2.24) is 0 Å². The Morgan fingerprint density at radius 1 is 0.843 bits per heavy atom. The van der Waals surface area contributed by atoms with Crippen molar-refractivity contribution in [2.75, 3.05) is 7.11 Å². The topological polar surface area (TPSA) is 78.7 Å². The van der Waals surface area contributed by atoms with Crippen LogP contribution >= 0.6 is 0 Å². The lowest BCUT2D eigenvalue weighted by atomic mass is 9.45. The summed E-state index contributed by atoms with van der Waals surface area (Å²) in [6, 6.07) is 0. The Balaban J connectivity index is 1.70. The number of nitrogens with zero attached hydrogens (tertiary/aromatic N) is 1. The van der Waals surface area contributed by atoms with Crippen LogP contribution in [0.2, 0.25) is 78.6 Å². The molecule has 1 N–H and O–H groups in total. The van der Waals surface area contributed by atoms with Gasteiger partial charge in [-0.3, -0.25) is 0 Å².